The summed E-state index contributed by atoms with van der Waals surface area (Å²) in [7, 11) is 0. The van der Waals surface area contributed by atoms with Crippen LogP contribution in [0.1, 0.15) is 227 Å². The van der Waals surface area contributed by atoms with Gasteiger partial charge in [-0.25, -0.2) is 0 Å². The van der Waals surface area contributed by atoms with E-state index in [1.165, 1.54) is 122 Å². The minimum Gasteiger partial charge on any atom is -0.466 e. The molecule has 51 heavy (non-hydrogen) atoms. The molecule has 0 bridgehead atoms. The van der Waals surface area contributed by atoms with Gasteiger partial charge >= 0.3 is 11.9 Å². The van der Waals surface area contributed by atoms with E-state index in [1.54, 1.807) is 0 Å². The largest absolute Gasteiger partial charge is 0.466 e. The number of ether oxygens (including phenoxy) is 2. The molecular formula is C45H89NO5. The lowest BCUT2D eigenvalue weighted by Gasteiger charge is -2.27. The molecule has 0 aromatic carbocycles. The highest BCUT2D eigenvalue weighted by Gasteiger charge is 2.18. The lowest BCUT2D eigenvalue weighted by Crippen LogP contribution is -2.30. The van der Waals surface area contributed by atoms with E-state index in [2.05, 4.69) is 39.5 Å². The quantitative estimate of drug-likeness (QED) is 0.0501. The molecule has 0 heterocycles. The molecule has 0 radical (unpaired) electrons. The van der Waals surface area contributed by atoms with Gasteiger partial charge < -0.3 is 19.5 Å². The lowest BCUT2D eigenvalue weighted by atomic mass is 9.83. The van der Waals surface area contributed by atoms with Gasteiger partial charge in [0.15, 0.2) is 0 Å². The number of aliphatic hydroxyl groups excluding tert-OH is 1. The Balaban J connectivity index is 3.97. The van der Waals surface area contributed by atoms with Crippen molar-refractivity contribution in [3.63, 3.8) is 0 Å². The van der Waals surface area contributed by atoms with E-state index in [1.807, 2.05) is 0 Å². The molecule has 0 spiro atoms. The van der Waals surface area contributed by atoms with Crippen LogP contribution in [-0.2, 0) is 19.1 Å². The van der Waals surface area contributed by atoms with Crippen molar-refractivity contribution in [1.29, 1.82) is 0 Å². The molecule has 1 N–H and O–H groups in total. The van der Waals surface area contributed by atoms with Gasteiger partial charge in [-0.1, -0.05) is 157 Å². The van der Waals surface area contributed by atoms with Crippen molar-refractivity contribution < 1.29 is 24.2 Å². The van der Waals surface area contributed by atoms with Crippen LogP contribution in [0.4, 0.5) is 0 Å². The fourth-order valence-electron chi connectivity index (χ4n) is 7.22. The third kappa shape index (κ3) is 35.6. The Bertz CT molecular complexity index is 745. The van der Waals surface area contributed by atoms with Gasteiger partial charge in [0.2, 0.25) is 0 Å². The molecule has 0 aliphatic heterocycles. The average molecular weight is 724 g/mol. The summed E-state index contributed by atoms with van der Waals surface area (Å²) in [5.74, 6) is 0.507. The van der Waals surface area contributed by atoms with Crippen LogP contribution in [0.5, 0.6) is 0 Å². The maximum atomic E-state index is 12.4. The second-order valence-corrected chi connectivity index (χ2v) is 16.5. The summed E-state index contributed by atoms with van der Waals surface area (Å²) in [5, 5.41) is 9.61. The van der Waals surface area contributed by atoms with Crippen LogP contribution in [0, 0.1) is 11.3 Å². The number of nitrogens with zero attached hydrogens (tertiary/aromatic N) is 1. The van der Waals surface area contributed by atoms with Crippen LogP contribution in [0.3, 0.4) is 0 Å². The number of rotatable bonds is 40. The standard InChI is InChI=1S/C45H89NO5/c1-6-9-12-15-16-17-20-25-32-43(48)50-40-29-35-45(4,5)34-28-37-46(38-39-47)36-27-22-19-18-21-26-33-44(49)51-41-42(30-23-13-10-7-2)31-24-14-11-8-3/h42,47H,6-41H2,1-5H3. The van der Waals surface area contributed by atoms with Crippen molar-refractivity contribution in [3.05, 3.63) is 0 Å². The SMILES string of the molecule is CCCCCCCCCCC(=O)OCCCC(C)(C)CCCN(CCO)CCCCCCCCC(=O)OCC(CCCCCC)CCCCCC. The summed E-state index contributed by atoms with van der Waals surface area (Å²) in [5.41, 5.74) is 0.228. The Kier molecular flexibility index (Phi) is 36.4. The van der Waals surface area contributed by atoms with Gasteiger partial charge in [0.25, 0.3) is 0 Å². The van der Waals surface area contributed by atoms with Gasteiger partial charge in [-0.2, -0.15) is 0 Å². The van der Waals surface area contributed by atoms with Crippen LogP contribution >= 0.6 is 0 Å². The first kappa shape index (κ1) is 49.9. The molecule has 0 aromatic heterocycles. The third-order valence-electron chi connectivity index (χ3n) is 10.8. The van der Waals surface area contributed by atoms with Crippen molar-refractivity contribution >= 4 is 11.9 Å². The molecule has 0 unspecified atom stereocenters. The van der Waals surface area contributed by atoms with Gasteiger partial charge in [-0.3, -0.25) is 9.59 Å². The van der Waals surface area contributed by atoms with E-state index in [0.717, 1.165) is 77.4 Å². The summed E-state index contributed by atoms with van der Waals surface area (Å²) in [4.78, 5) is 26.9. The smallest absolute Gasteiger partial charge is 0.305 e. The first-order valence-corrected chi connectivity index (χ1v) is 22.4. The molecule has 0 saturated heterocycles. The Hall–Kier alpha value is -1.14. The predicted octanol–water partition coefficient (Wildman–Crippen LogP) is 12.8. The predicted molar refractivity (Wildman–Crippen MR) is 218 cm³/mol. The second kappa shape index (κ2) is 37.2. The number of aliphatic hydroxyl groups is 1. The molecule has 0 saturated carbocycles. The average Bonchev–Trinajstić information content (AvgIpc) is 3.11. The van der Waals surface area contributed by atoms with Crippen LogP contribution < -0.4 is 0 Å². The van der Waals surface area contributed by atoms with Gasteiger partial charge in [0.1, 0.15) is 0 Å². The minimum absolute atomic E-state index is 0.00211. The third-order valence-corrected chi connectivity index (χ3v) is 10.8. The Morgan fingerprint density at radius 1 is 0.529 bits per heavy atom. The van der Waals surface area contributed by atoms with E-state index in [-0.39, 0.29) is 24.0 Å². The van der Waals surface area contributed by atoms with Gasteiger partial charge in [0.05, 0.1) is 19.8 Å². The number of carbonyl (C=O) groups is 2. The molecule has 6 heteroatoms. The molecule has 0 aromatic rings. The van der Waals surface area contributed by atoms with Gasteiger partial charge in [-0.05, 0) is 82.2 Å². The summed E-state index contributed by atoms with van der Waals surface area (Å²) in [6.07, 6.45) is 34.8. The topological polar surface area (TPSA) is 76.1 Å². The Morgan fingerprint density at radius 3 is 1.49 bits per heavy atom. The van der Waals surface area contributed by atoms with Crippen LogP contribution in [0.2, 0.25) is 0 Å². The monoisotopic (exact) mass is 724 g/mol. The number of hydrogen-bond acceptors (Lipinski definition) is 6. The molecule has 0 amide bonds. The van der Waals surface area contributed by atoms with E-state index in [4.69, 9.17) is 9.47 Å². The number of carbonyl (C=O) groups excluding carboxylic acids is 2. The number of esters is 2. The molecule has 0 fully saturated rings. The van der Waals surface area contributed by atoms with E-state index in [0.29, 0.717) is 32.0 Å². The molecule has 0 atom stereocenters. The summed E-state index contributed by atoms with van der Waals surface area (Å²) >= 11 is 0. The molecule has 0 aliphatic carbocycles. The van der Waals surface area contributed by atoms with E-state index < -0.39 is 0 Å². The molecule has 6 nitrogen and oxygen atoms in total. The highest BCUT2D eigenvalue weighted by Crippen LogP contribution is 2.28. The molecule has 304 valence electrons. The van der Waals surface area contributed by atoms with Crippen molar-refractivity contribution in [2.75, 3.05) is 39.5 Å². The zero-order valence-corrected chi connectivity index (χ0v) is 35.1. The molecule has 0 aliphatic rings. The van der Waals surface area contributed by atoms with E-state index >= 15 is 0 Å². The highest BCUT2D eigenvalue weighted by atomic mass is 16.5. The normalized spacial score (nSPS) is 11.9. The maximum Gasteiger partial charge on any atom is 0.305 e. The Labute approximate surface area is 318 Å². The second-order valence-electron chi connectivity index (χ2n) is 16.5. The van der Waals surface area contributed by atoms with Crippen molar-refractivity contribution in [1.82, 2.24) is 4.90 Å². The van der Waals surface area contributed by atoms with Crippen molar-refractivity contribution in [3.8, 4) is 0 Å². The summed E-state index contributed by atoms with van der Waals surface area (Å²) < 4.78 is 11.3. The maximum absolute atomic E-state index is 12.4. The molecular weight excluding hydrogens is 634 g/mol. The Morgan fingerprint density at radius 2 is 0.961 bits per heavy atom. The minimum atomic E-state index is -0.0291. The zero-order valence-electron chi connectivity index (χ0n) is 35.1. The summed E-state index contributed by atoms with van der Waals surface area (Å²) in [6.45, 7) is 15.6. The highest BCUT2D eigenvalue weighted by molar-refractivity contribution is 5.69. The number of hydrogen-bond donors (Lipinski definition) is 1. The lowest BCUT2D eigenvalue weighted by molar-refractivity contribution is -0.145. The number of unbranched alkanes of at least 4 members (excludes halogenated alkanes) is 18. The van der Waals surface area contributed by atoms with Crippen LogP contribution in [0.15, 0.2) is 0 Å². The summed E-state index contributed by atoms with van der Waals surface area (Å²) in [6, 6.07) is 0. The van der Waals surface area contributed by atoms with Gasteiger partial charge in [-0.15, -0.1) is 0 Å². The van der Waals surface area contributed by atoms with Crippen LogP contribution in [-0.4, -0.2) is 61.4 Å². The van der Waals surface area contributed by atoms with Crippen molar-refractivity contribution in [2.45, 2.75) is 227 Å². The van der Waals surface area contributed by atoms with Crippen molar-refractivity contribution in [2.24, 2.45) is 11.3 Å². The first-order valence-electron chi connectivity index (χ1n) is 22.4. The van der Waals surface area contributed by atoms with E-state index in [9.17, 15) is 14.7 Å². The fourth-order valence-corrected chi connectivity index (χ4v) is 7.22. The fraction of sp³-hybridized carbons (Fsp3) is 0.956. The zero-order chi connectivity index (χ0) is 37.7. The van der Waals surface area contributed by atoms with Gasteiger partial charge in [0, 0.05) is 19.4 Å². The first-order chi connectivity index (χ1) is 24.8. The van der Waals surface area contributed by atoms with Crippen LogP contribution in [0.25, 0.3) is 0 Å². The molecule has 0 rings (SSSR count).